The number of hydrogen-bond acceptors (Lipinski definition) is 5. The van der Waals surface area contributed by atoms with Crippen LogP contribution in [0.4, 0.5) is 0 Å². The monoisotopic (exact) mass is 440 g/mol. The lowest BCUT2D eigenvalue weighted by molar-refractivity contribution is 0.0603. The lowest BCUT2D eigenvalue weighted by atomic mass is 10.0. The molecule has 2 heterocycles. The van der Waals surface area contributed by atoms with E-state index >= 15 is 0 Å². The molecule has 0 atom stereocenters. The van der Waals surface area contributed by atoms with Crippen molar-refractivity contribution in [1.82, 2.24) is 8.87 Å². The van der Waals surface area contributed by atoms with E-state index in [2.05, 4.69) is 6.92 Å². The van der Waals surface area contributed by atoms with Crippen molar-refractivity contribution in [3.63, 3.8) is 0 Å². The van der Waals surface area contributed by atoms with Crippen molar-refractivity contribution in [2.75, 3.05) is 20.2 Å². The third kappa shape index (κ3) is 3.88. The van der Waals surface area contributed by atoms with E-state index in [0.29, 0.717) is 29.9 Å². The maximum atomic E-state index is 13.3. The van der Waals surface area contributed by atoms with E-state index in [0.717, 1.165) is 12.8 Å². The molecular weight excluding hydrogens is 416 g/mol. The van der Waals surface area contributed by atoms with Gasteiger partial charge >= 0.3 is 5.97 Å². The predicted octanol–water partition coefficient (Wildman–Crippen LogP) is 3.54. The number of nitrogens with zero attached hydrogens (tertiary/aromatic N) is 2. The first-order valence-corrected chi connectivity index (χ1v) is 11.6. The van der Waals surface area contributed by atoms with E-state index in [1.54, 1.807) is 36.4 Å². The molecule has 0 unspecified atom stereocenters. The minimum atomic E-state index is -3.68. The van der Waals surface area contributed by atoms with Crippen LogP contribution in [0.1, 0.15) is 40.5 Å². The van der Waals surface area contributed by atoms with Crippen LogP contribution < -0.4 is 0 Å². The highest BCUT2D eigenvalue weighted by Gasteiger charge is 2.29. The van der Waals surface area contributed by atoms with Gasteiger partial charge in [0, 0.05) is 30.2 Å². The Morgan fingerprint density at radius 2 is 1.74 bits per heavy atom. The molecule has 0 bridgehead atoms. The van der Waals surface area contributed by atoms with Gasteiger partial charge in [0.25, 0.3) is 5.91 Å². The molecule has 4 rings (SSSR count). The minimum Gasteiger partial charge on any atom is -0.465 e. The second-order valence-electron chi connectivity index (χ2n) is 7.84. The number of carbonyl (C=O) groups excluding carboxylic acids is 2. The van der Waals surface area contributed by atoms with Gasteiger partial charge in [-0.1, -0.05) is 31.2 Å². The molecule has 162 valence electrons. The quantitative estimate of drug-likeness (QED) is 0.580. The van der Waals surface area contributed by atoms with Crippen LogP contribution in [-0.2, 0) is 14.8 Å². The number of rotatable bonds is 4. The van der Waals surface area contributed by atoms with Crippen LogP contribution in [0, 0.1) is 5.92 Å². The lowest BCUT2D eigenvalue weighted by Crippen LogP contribution is -2.37. The number of fused-ring (bicyclic) bond motifs is 1. The summed E-state index contributed by atoms with van der Waals surface area (Å²) in [7, 11) is -2.40. The van der Waals surface area contributed by atoms with Crippen molar-refractivity contribution in [2.45, 2.75) is 24.7 Å². The van der Waals surface area contributed by atoms with Crippen LogP contribution in [-0.4, -0.2) is 49.4 Å². The molecule has 3 aromatic rings. The highest BCUT2D eigenvalue weighted by Crippen LogP contribution is 2.26. The SMILES string of the molecule is COC(=O)c1cn(C(=O)c2cccc(S(=O)(=O)N3CCC(C)CC3)c2)c2ccccc12. The van der Waals surface area contributed by atoms with Crippen molar-refractivity contribution < 1.29 is 22.7 Å². The maximum absolute atomic E-state index is 13.3. The molecule has 31 heavy (non-hydrogen) atoms. The van der Waals surface area contributed by atoms with Crippen molar-refractivity contribution >= 4 is 32.8 Å². The zero-order valence-corrected chi connectivity index (χ0v) is 18.3. The number of ether oxygens (including phenoxy) is 1. The molecule has 0 aliphatic carbocycles. The van der Waals surface area contributed by atoms with Crippen molar-refractivity contribution in [3.05, 3.63) is 65.9 Å². The fourth-order valence-corrected chi connectivity index (χ4v) is 5.44. The van der Waals surface area contributed by atoms with Crippen molar-refractivity contribution in [2.24, 2.45) is 5.92 Å². The van der Waals surface area contributed by atoms with Gasteiger partial charge in [-0.2, -0.15) is 4.31 Å². The zero-order valence-electron chi connectivity index (χ0n) is 17.4. The van der Waals surface area contributed by atoms with Crippen molar-refractivity contribution in [3.8, 4) is 0 Å². The van der Waals surface area contributed by atoms with E-state index in [9.17, 15) is 18.0 Å². The van der Waals surface area contributed by atoms with Crippen LogP contribution >= 0.6 is 0 Å². The largest absolute Gasteiger partial charge is 0.465 e. The standard InChI is InChI=1S/C23H24N2O5S/c1-16-10-12-24(13-11-16)31(28,29)18-7-5-6-17(14-18)22(26)25-15-20(23(27)30-2)19-8-3-4-9-21(19)25/h3-9,14-16H,10-13H2,1-2H3. The summed E-state index contributed by atoms with van der Waals surface area (Å²) >= 11 is 0. The van der Waals surface area contributed by atoms with E-state index in [1.807, 2.05) is 0 Å². The Balaban J connectivity index is 1.72. The molecule has 2 aromatic carbocycles. The molecule has 1 aromatic heterocycles. The molecule has 1 aliphatic heterocycles. The van der Waals surface area contributed by atoms with E-state index in [1.165, 1.54) is 34.3 Å². The molecule has 0 spiro atoms. The number of carbonyl (C=O) groups is 2. The summed E-state index contributed by atoms with van der Waals surface area (Å²) in [5, 5.41) is 0.592. The van der Waals surface area contributed by atoms with Crippen LogP contribution in [0.5, 0.6) is 0 Å². The van der Waals surface area contributed by atoms with Gasteiger partial charge in [0.15, 0.2) is 0 Å². The third-order valence-electron chi connectivity index (χ3n) is 5.80. The molecule has 0 radical (unpaired) electrons. The second kappa shape index (κ2) is 8.28. The van der Waals surface area contributed by atoms with Gasteiger partial charge in [0.1, 0.15) is 0 Å². The smallest absolute Gasteiger partial charge is 0.340 e. The Bertz CT molecular complexity index is 1250. The second-order valence-corrected chi connectivity index (χ2v) is 9.78. The number of aromatic nitrogens is 1. The average molecular weight is 441 g/mol. The third-order valence-corrected chi connectivity index (χ3v) is 7.69. The maximum Gasteiger partial charge on any atom is 0.340 e. The summed E-state index contributed by atoms with van der Waals surface area (Å²) in [6.07, 6.45) is 3.08. The molecule has 7 nitrogen and oxygen atoms in total. The van der Waals surface area contributed by atoms with Crippen LogP contribution in [0.3, 0.4) is 0 Å². The number of piperidine rings is 1. The predicted molar refractivity (Wildman–Crippen MR) is 117 cm³/mol. The molecule has 0 amide bonds. The highest BCUT2D eigenvalue weighted by molar-refractivity contribution is 7.89. The fourth-order valence-electron chi connectivity index (χ4n) is 3.92. The summed E-state index contributed by atoms with van der Waals surface area (Å²) in [4.78, 5) is 25.5. The Kier molecular flexibility index (Phi) is 5.68. The first-order valence-electron chi connectivity index (χ1n) is 10.2. The average Bonchev–Trinajstić information content (AvgIpc) is 3.18. The van der Waals surface area contributed by atoms with Gasteiger partial charge in [0.2, 0.25) is 10.0 Å². The van der Waals surface area contributed by atoms with Crippen LogP contribution in [0.25, 0.3) is 10.9 Å². The van der Waals surface area contributed by atoms with E-state index in [-0.39, 0.29) is 16.0 Å². The van der Waals surface area contributed by atoms with Gasteiger partial charge < -0.3 is 4.74 Å². The first-order chi connectivity index (χ1) is 14.8. The fraction of sp³-hybridized carbons (Fsp3) is 0.304. The highest BCUT2D eigenvalue weighted by atomic mass is 32.2. The number of sulfonamides is 1. The van der Waals surface area contributed by atoms with Gasteiger partial charge in [-0.3, -0.25) is 9.36 Å². The number of methoxy groups -OCH3 is 1. The summed E-state index contributed by atoms with van der Waals surface area (Å²) in [5.74, 6) is -0.459. The van der Waals surface area contributed by atoms with Gasteiger partial charge in [-0.25, -0.2) is 13.2 Å². The summed E-state index contributed by atoms with van der Waals surface area (Å²) in [6, 6.07) is 13.1. The molecule has 8 heteroatoms. The molecule has 1 fully saturated rings. The molecule has 0 saturated carbocycles. The Labute approximate surface area is 181 Å². The molecular formula is C23H24N2O5S. The lowest BCUT2D eigenvalue weighted by Gasteiger charge is -2.29. The van der Waals surface area contributed by atoms with Gasteiger partial charge in [-0.15, -0.1) is 0 Å². The number of para-hydroxylation sites is 1. The molecule has 1 aliphatic rings. The Morgan fingerprint density at radius 3 is 2.45 bits per heavy atom. The molecule has 1 saturated heterocycles. The number of esters is 1. The van der Waals surface area contributed by atoms with Crippen LogP contribution in [0.15, 0.2) is 59.6 Å². The van der Waals surface area contributed by atoms with Gasteiger partial charge in [0.05, 0.1) is 23.1 Å². The Hall–Kier alpha value is -2.97. The number of benzene rings is 2. The first kappa shape index (κ1) is 21.3. The summed E-state index contributed by atoms with van der Waals surface area (Å²) in [6.45, 7) is 3.08. The summed E-state index contributed by atoms with van der Waals surface area (Å²) in [5.41, 5.74) is 1.05. The normalized spacial score (nSPS) is 15.8. The van der Waals surface area contributed by atoms with Crippen molar-refractivity contribution in [1.29, 1.82) is 0 Å². The summed E-state index contributed by atoms with van der Waals surface area (Å²) < 4.78 is 33.9. The van der Waals surface area contributed by atoms with Gasteiger partial charge in [-0.05, 0) is 43.0 Å². The van der Waals surface area contributed by atoms with E-state index in [4.69, 9.17) is 4.74 Å². The zero-order chi connectivity index (χ0) is 22.2. The number of hydrogen-bond donors (Lipinski definition) is 0. The van der Waals surface area contributed by atoms with E-state index < -0.39 is 21.9 Å². The van der Waals surface area contributed by atoms with Crippen LogP contribution in [0.2, 0.25) is 0 Å². The Morgan fingerprint density at radius 1 is 1.03 bits per heavy atom. The minimum absolute atomic E-state index is 0.0950. The molecule has 0 N–H and O–H groups in total. The topological polar surface area (TPSA) is 85.7 Å².